The molecule has 0 bridgehead atoms. The average Bonchev–Trinajstić information content (AvgIpc) is 3.22. The molecule has 4 heteroatoms. The summed E-state index contributed by atoms with van der Waals surface area (Å²) in [4.78, 5) is 0. The van der Waals surface area contributed by atoms with Gasteiger partial charge in [-0.1, -0.05) is 66.7 Å². The fourth-order valence-corrected chi connectivity index (χ4v) is 4.42. The first-order valence-corrected chi connectivity index (χ1v) is 11.3. The molecule has 5 aromatic rings. The van der Waals surface area contributed by atoms with Crippen LogP contribution in [-0.4, -0.2) is 18.2 Å². The molecule has 0 unspecified atom stereocenters. The smallest absolute Gasteiger partial charge is 0.147 e. The Morgan fingerprint density at radius 2 is 1.64 bits per heavy atom. The Labute approximate surface area is 193 Å². The highest BCUT2D eigenvalue weighted by atomic mass is 19.1. The summed E-state index contributed by atoms with van der Waals surface area (Å²) < 4.78 is 23.4. The Morgan fingerprint density at radius 3 is 2.45 bits per heavy atom. The van der Waals surface area contributed by atoms with E-state index in [2.05, 4.69) is 41.8 Å². The minimum Gasteiger partial charge on any atom is -0.488 e. The Balaban J connectivity index is 1.55. The fourth-order valence-electron chi connectivity index (χ4n) is 4.42. The predicted molar refractivity (Wildman–Crippen MR) is 133 cm³/mol. The number of nitrogens with zero attached hydrogens (tertiary/aromatic N) is 1. The Morgan fingerprint density at radius 1 is 0.848 bits per heavy atom. The molecule has 4 aromatic carbocycles. The van der Waals surface area contributed by atoms with Gasteiger partial charge < -0.3 is 14.6 Å². The summed E-state index contributed by atoms with van der Waals surface area (Å²) in [5.41, 5.74) is 3.91. The number of benzene rings is 4. The number of nitrogens with one attached hydrogen (secondary N) is 1. The molecular formula is C29H27FN2O. The van der Waals surface area contributed by atoms with Crippen LogP contribution in [0.3, 0.4) is 0 Å². The van der Waals surface area contributed by atoms with Crippen LogP contribution >= 0.6 is 0 Å². The number of hydrogen-bond donors (Lipinski definition) is 1. The van der Waals surface area contributed by atoms with Crippen molar-refractivity contribution in [3.8, 4) is 5.75 Å². The van der Waals surface area contributed by atoms with Crippen molar-refractivity contribution in [1.29, 1.82) is 0 Å². The van der Waals surface area contributed by atoms with Crippen LogP contribution in [0.5, 0.6) is 5.75 Å². The predicted octanol–water partition coefficient (Wildman–Crippen LogP) is 6.32. The van der Waals surface area contributed by atoms with Gasteiger partial charge in [-0.25, -0.2) is 4.39 Å². The zero-order valence-electron chi connectivity index (χ0n) is 18.7. The molecule has 0 atom stereocenters. The van der Waals surface area contributed by atoms with Gasteiger partial charge >= 0.3 is 0 Å². The van der Waals surface area contributed by atoms with Crippen molar-refractivity contribution in [1.82, 2.24) is 9.88 Å². The summed E-state index contributed by atoms with van der Waals surface area (Å²) in [6, 6.07) is 28.1. The van der Waals surface area contributed by atoms with Gasteiger partial charge in [0, 0.05) is 18.1 Å². The number of fused-ring (bicyclic) bond motifs is 2. The summed E-state index contributed by atoms with van der Waals surface area (Å²) in [6.45, 7) is 1.85. The summed E-state index contributed by atoms with van der Waals surface area (Å²) in [5.74, 6) is 0.493. The van der Waals surface area contributed by atoms with Crippen LogP contribution < -0.4 is 10.1 Å². The zero-order valence-corrected chi connectivity index (χ0v) is 18.7. The quantitative estimate of drug-likeness (QED) is 0.307. The van der Waals surface area contributed by atoms with Gasteiger partial charge in [-0.3, -0.25) is 0 Å². The highest BCUT2D eigenvalue weighted by Crippen LogP contribution is 2.34. The molecule has 0 aliphatic carbocycles. The molecule has 5 rings (SSSR count). The van der Waals surface area contributed by atoms with Gasteiger partial charge in [0.2, 0.25) is 0 Å². The maximum atomic E-state index is 15.2. The topological polar surface area (TPSA) is 26.2 Å². The van der Waals surface area contributed by atoms with Crippen molar-refractivity contribution >= 4 is 21.7 Å². The normalized spacial score (nSPS) is 11.3. The van der Waals surface area contributed by atoms with Gasteiger partial charge in [-0.2, -0.15) is 0 Å². The van der Waals surface area contributed by atoms with E-state index >= 15 is 4.39 Å². The number of halogens is 1. The third-order valence-corrected chi connectivity index (χ3v) is 6.06. The van der Waals surface area contributed by atoms with Crippen LogP contribution in [-0.2, 0) is 19.6 Å². The average molecular weight is 439 g/mol. The highest BCUT2D eigenvalue weighted by molar-refractivity contribution is 5.91. The number of aromatic nitrogens is 1. The summed E-state index contributed by atoms with van der Waals surface area (Å²) in [5, 5.41) is 6.46. The SMILES string of the molecule is CNCCc1cn(Cc2ccc3ccccc3c2)c2c(F)ccc(OCc3ccccc3)c12. The number of likely N-dealkylation sites (N-methyl/N-ethyl adjacent to an activating group) is 1. The lowest BCUT2D eigenvalue weighted by Gasteiger charge is -2.11. The van der Waals surface area contributed by atoms with Crippen LogP contribution in [0.4, 0.5) is 4.39 Å². The molecule has 0 radical (unpaired) electrons. The number of ether oxygens (including phenoxy) is 1. The summed E-state index contributed by atoms with van der Waals surface area (Å²) >= 11 is 0. The number of rotatable bonds is 8. The van der Waals surface area contributed by atoms with Crippen LogP contribution in [0, 0.1) is 5.82 Å². The summed E-state index contributed by atoms with van der Waals surface area (Å²) in [6.07, 6.45) is 2.87. The molecule has 1 heterocycles. The second-order valence-corrected chi connectivity index (χ2v) is 8.36. The third-order valence-electron chi connectivity index (χ3n) is 6.06. The molecular weight excluding hydrogens is 411 g/mol. The maximum absolute atomic E-state index is 15.2. The minimum absolute atomic E-state index is 0.228. The van der Waals surface area contributed by atoms with E-state index in [-0.39, 0.29) is 5.82 Å². The molecule has 0 saturated heterocycles. The number of hydrogen-bond acceptors (Lipinski definition) is 2. The molecule has 3 nitrogen and oxygen atoms in total. The second kappa shape index (κ2) is 9.47. The minimum atomic E-state index is -0.228. The Bertz CT molecular complexity index is 1390. The first-order chi connectivity index (χ1) is 16.2. The van der Waals surface area contributed by atoms with Crippen molar-refractivity contribution in [2.45, 2.75) is 19.6 Å². The van der Waals surface area contributed by atoms with E-state index in [1.807, 2.05) is 54.1 Å². The molecule has 33 heavy (non-hydrogen) atoms. The lowest BCUT2D eigenvalue weighted by molar-refractivity contribution is 0.309. The first-order valence-electron chi connectivity index (χ1n) is 11.3. The van der Waals surface area contributed by atoms with Crippen molar-refractivity contribution in [3.63, 3.8) is 0 Å². The Hall–Kier alpha value is -3.63. The summed E-state index contributed by atoms with van der Waals surface area (Å²) in [7, 11) is 1.93. The van der Waals surface area contributed by atoms with Gasteiger partial charge in [-0.15, -0.1) is 0 Å². The van der Waals surface area contributed by atoms with Gasteiger partial charge in [0.1, 0.15) is 18.2 Å². The molecule has 0 spiro atoms. The molecule has 0 saturated carbocycles. The fraction of sp³-hybridized carbons (Fsp3) is 0.172. The lowest BCUT2D eigenvalue weighted by atomic mass is 10.1. The standard InChI is InChI=1S/C29H27FN2O/c1-31-16-15-25-19-32(18-22-11-12-23-9-5-6-10-24(23)17-22)29-26(30)13-14-27(28(25)29)33-20-21-7-3-2-4-8-21/h2-14,17,19,31H,15-16,18,20H2,1H3. The monoisotopic (exact) mass is 438 g/mol. The van der Waals surface area contributed by atoms with Crippen LogP contribution in [0.2, 0.25) is 0 Å². The van der Waals surface area contributed by atoms with Gasteiger partial charge in [0.25, 0.3) is 0 Å². The zero-order chi connectivity index (χ0) is 22.6. The molecule has 1 aromatic heterocycles. The first kappa shape index (κ1) is 21.2. The van der Waals surface area contributed by atoms with E-state index in [0.29, 0.717) is 18.7 Å². The van der Waals surface area contributed by atoms with E-state index in [1.54, 1.807) is 6.07 Å². The second-order valence-electron chi connectivity index (χ2n) is 8.36. The van der Waals surface area contributed by atoms with Gasteiger partial charge in [0.15, 0.2) is 0 Å². The largest absolute Gasteiger partial charge is 0.488 e. The van der Waals surface area contributed by atoms with E-state index in [9.17, 15) is 0 Å². The molecule has 0 aliphatic heterocycles. The van der Waals surface area contributed by atoms with Crippen LogP contribution in [0.15, 0.2) is 91.1 Å². The highest BCUT2D eigenvalue weighted by Gasteiger charge is 2.18. The van der Waals surface area contributed by atoms with Crippen LogP contribution in [0.25, 0.3) is 21.7 Å². The molecule has 0 aliphatic rings. The third kappa shape index (κ3) is 4.48. The van der Waals surface area contributed by atoms with Crippen molar-refractivity contribution in [2.24, 2.45) is 0 Å². The van der Waals surface area contributed by atoms with E-state index in [0.717, 1.165) is 40.8 Å². The van der Waals surface area contributed by atoms with E-state index in [1.165, 1.54) is 16.8 Å². The lowest BCUT2D eigenvalue weighted by Crippen LogP contribution is -2.10. The molecule has 1 N–H and O–H groups in total. The van der Waals surface area contributed by atoms with Crippen LogP contribution in [0.1, 0.15) is 16.7 Å². The van der Waals surface area contributed by atoms with Crippen molar-refractivity contribution in [2.75, 3.05) is 13.6 Å². The van der Waals surface area contributed by atoms with E-state index < -0.39 is 0 Å². The maximum Gasteiger partial charge on any atom is 0.147 e. The van der Waals surface area contributed by atoms with Gasteiger partial charge in [0.05, 0.1) is 5.52 Å². The van der Waals surface area contributed by atoms with Gasteiger partial charge in [-0.05, 0) is 65.7 Å². The molecule has 0 amide bonds. The van der Waals surface area contributed by atoms with E-state index in [4.69, 9.17) is 4.74 Å². The van der Waals surface area contributed by atoms with Crippen molar-refractivity contribution in [3.05, 3.63) is 114 Å². The molecule has 0 fully saturated rings. The Kier molecular flexibility index (Phi) is 6.09. The molecule has 166 valence electrons. The van der Waals surface area contributed by atoms with Crippen molar-refractivity contribution < 1.29 is 9.13 Å².